The lowest BCUT2D eigenvalue weighted by Crippen LogP contribution is -2.31. The number of hydrazone groups is 1. The highest BCUT2D eigenvalue weighted by Gasteiger charge is 2.10. The second kappa shape index (κ2) is 3.94. The lowest BCUT2D eigenvalue weighted by atomic mass is 10.2. The highest BCUT2D eigenvalue weighted by Crippen LogP contribution is 2.08. The summed E-state index contributed by atoms with van der Waals surface area (Å²) < 4.78 is 0. The van der Waals surface area contributed by atoms with Crippen LogP contribution in [0.3, 0.4) is 0 Å². The molecule has 0 aromatic carbocycles. The van der Waals surface area contributed by atoms with Crippen LogP contribution in [0.1, 0.15) is 19.3 Å². The molecule has 0 spiro atoms. The molecule has 1 heterocycles. The quantitative estimate of drug-likeness (QED) is 0.424. The van der Waals surface area contributed by atoms with Crippen LogP contribution in [0.15, 0.2) is 5.10 Å². The minimum absolute atomic E-state index is 0.322. The Morgan fingerprint density at radius 2 is 1.92 bits per heavy atom. The zero-order valence-electron chi connectivity index (χ0n) is 6.86. The average molecular weight is 171 g/mol. The molecule has 1 aliphatic heterocycles. The topological polar surface area (TPSA) is 78.9 Å². The summed E-state index contributed by atoms with van der Waals surface area (Å²) in [5.41, 5.74) is 5.16. The summed E-state index contributed by atoms with van der Waals surface area (Å²) in [7, 11) is 0. The van der Waals surface area contributed by atoms with Crippen LogP contribution in [0.2, 0.25) is 0 Å². The van der Waals surface area contributed by atoms with Crippen molar-refractivity contribution >= 4 is 11.8 Å². The van der Waals surface area contributed by atoms with Gasteiger partial charge in [-0.1, -0.05) is 0 Å². The Bertz CT molecular complexity index is 197. The molecule has 5 nitrogen and oxygen atoms in total. The van der Waals surface area contributed by atoms with Gasteiger partial charge in [-0.15, -0.1) is 0 Å². The molecule has 1 aliphatic rings. The number of hydrogen-bond acceptors (Lipinski definition) is 3. The first kappa shape index (κ1) is 8.83. The fraction of sp³-hybridized carbons (Fsp3) is 0.714. The van der Waals surface area contributed by atoms with Crippen molar-refractivity contribution in [1.82, 2.24) is 5.01 Å². The Hall–Kier alpha value is -1.26. The van der Waals surface area contributed by atoms with E-state index in [0.717, 1.165) is 25.9 Å². The van der Waals surface area contributed by atoms with Crippen LogP contribution >= 0.6 is 0 Å². The molecule has 0 bridgehead atoms. The zero-order chi connectivity index (χ0) is 8.97. The molecule has 0 aromatic rings. The third-order valence-electron chi connectivity index (χ3n) is 1.80. The van der Waals surface area contributed by atoms with E-state index in [9.17, 15) is 4.79 Å². The van der Waals surface area contributed by atoms with E-state index in [1.54, 1.807) is 5.01 Å². The van der Waals surface area contributed by atoms with Crippen LogP contribution in [0.4, 0.5) is 0 Å². The van der Waals surface area contributed by atoms with Crippen LogP contribution in [-0.2, 0) is 4.79 Å². The van der Waals surface area contributed by atoms with Crippen LogP contribution < -0.4 is 5.73 Å². The molecule has 3 N–H and O–H groups in total. The van der Waals surface area contributed by atoms with Gasteiger partial charge in [0.1, 0.15) is 0 Å². The van der Waals surface area contributed by atoms with E-state index in [2.05, 4.69) is 5.10 Å². The van der Waals surface area contributed by atoms with E-state index in [1.807, 2.05) is 0 Å². The standard InChI is InChI=1S/C7H13N3O2/c8-6(7(11)12)9-10-4-2-1-3-5-10/h1-5H2,(H2,8,9)(H,11,12). The third-order valence-corrected chi connectivity index (χ3v) is 1.80. The Balaban J connectivity index is 2.47. The maximum atomic E-state index is 10.3. The third kappa shape index (κ3) is 2.41. The Morgan fingerprint density at radius 3 is 2.42 bits per heavy atom. The van der Waals surface area contributed by atoms with Crippen molar-refractivity contribution in [3.8, 4) is 0 Å². The Morgan fingerprint density at radius 1 is 1.33 bits per heavy atom. The predicted molar refractivity (Wildman–Crippen MR) is 44.7 cm³/mol. The Kier molecular flexibility index (Phi) is 2.90. The molecule has 68 valence electrons. The number of amidine groups is 1. The first-order valence-corrected chi connectivity index (χ1v) is 4.02. The van der Waals surface area contributed by atoms with Crippen molar-refractivity contribution in [2.45, 2.75) is 19.3 Å². The van der Waals surface area contributed by atoms with Crippen molar-refractivity contribution in [2.24, 2.45) is 10.8 Å². The summed E-state index contributed by atoms with van der Waals surface area (Å²) in [6.45, 7) is 1.63. The van der Waals surface area contributed by atoms with E-state index >= 15 is 0 Å². The monoisotopic (exact) mass is 171 g/mol. The van der Waals surface area contributed by atoms with Gasteiger partial charge in [0.15, 0.2) is 0 Å². The number of carboxylic acids is 1. The fourth-order valence-corrected chi connectivity index (χ4v) is 1.17. The van der Waals surface area contributed by atoms with Crippen molar-refractivity contribution in [3.05, 3.63) is 0 Å². The minimum atomic E-state index is -1.15. The first-order valence-electron chi connectivity index (χ1n) is 4.02. The SMILES string of the molecule is N/C(=N\N1CCCCC1)C(=O)O. The molecule has 0 radical (unpaired) electrons. The van der Waals surface area contributed by atoms with Gasteiger partial charge < -0.3 is 10.8 Å². The fourth-order valence-electron chi connectivity index (χ4n) is 1.17. The molecule has 0 aliphatic carbocycles. The van der Waals surface area contributed by atoms with Gasteiger partial charge in [0.05, 0.1) is 0 Å². The number of piperidine rings is 1. The summed E-state index contributed by atoms with van der Waals surface area (Å²) in [4.78, 5) is 10.3. The van der Waals surface area contributed by atoms with Crippen molar-refractivity contribution in [3.63, 3.8) is 0 Å². The van der Waals surface area contributed by atoms with Gasteiger partial charge in [-0.3, -0.25) is 5.01 Å². The Labute approximate surface area is 70.8 Å². The molecule has 1 rings (SSSR count). The molecule has 0 amide bonds. The van der Waals surface area contributed by atoms with Gasteiger partial charge in [0.25, 0.3) is 0 Å². The summed E-state index contributed by atoms with van der Waals surface area (Å²) >= 11 is 0. The molecule has 1 saturated heterocycles. The van der Waals surface area contributed by atoms with Gasteiger partial charge in [0.2, 0.25) is 5.84 Å². The summed E-state index contributed by atoms with van der Waals surface area (Å²) in [5.74, 6) is -1.47. The number of aliphatic carboxylic acids is 1. The lowest BCUT2D eigenvalue weighted by Gasteiger charge is -2.23. The van der Waals surface area contributed by atoms with E-state index in [-0.39, 0.29) is 5.84 Å². The number of hydrogen-bond donors (Lipinski definition) is 2. The lowest BCUT2D eigenvalue weighted by molar-refractivity contribution is -0.129. The molecular weight excluding hydrogens is 158 g/mol. The number of nitrogens with zero attached hydrogens (tertiary/aromatic N) is 2. The molecule has 12 heavy (non-hydrogen) atoms. The summed E-state index contributed by atoms with van der Waals surface area (Å²) in [5, 5.41) is 13.9. The normalized spacial score (nSPS) is 19.3. The largest absolute Gasteiger partial charge is 0.475 e. The number of rotatable bonds is 1. The molecule has 0 aromatic heterocycles. The van der Waals surface area contributed by atoms with Gasteiger partial charge in [-0.2, -0.15) is 5.10 Å². The smallest absolute Gasteiger partial charge is 0.373 e. The van der Waals surface area contributed by atoms with Crippen molar-refractivity contribution in [1.29, 1.82) is 0 Å². The summed E-state index contributed by atoms with van der Waals surface area (Å²) in [6, 6.07) is 0. The van der Waals surface area contributed by atoms with E-state index in [0.29, 0.717) is 0 Å². The zero-order valence-corrected chi connectivity index (χ0v) is 6.86. The second-order valence-electron chi connectivity index (χ2n) is 2.80. The predicted octanol–water partition coefficient (Wildman–Crippen LogP) is -0.171. The van der Waals surface area contributed by atoms with Crippen molar-refractivity contribution < 1.29 is 9.90 Å². The number of carboxylic acid groups (broad SMARTS) is 1. The first-order chi connectivity index (χ1) is 5.70. The molecular formula is C7H13N3O2. The number of nitrogens with two attached hydrogens (primary N) is 1. The number of carbonyl (C=O) groups is 1. The molecule has 5 heteroatoms. The maximum Gasteiger partial charge on any atom is 0.373 e. The second-order valence-corrected chi connectivity index (χ2v) is 2.80. The molecule has 1 fully saturated rings. The van der Waals surface area contributed by atoms with Gasteiger partial charge in [-0.05, 0) is 19.3 Å². The van der Waals surface area contributed by atoms with Crippen LogP contribution in [0.5, 0.6) is 0 Å². The highest BCUT2D eigenvalue weighted by atomic mass is 16.4. The van der Waals surface area contributed by atoms with Crippen molar-refractivity contribution in [2.75, 3.05) is 13.1 Å². The van der Waals surface area contributed by atoms with Crippen LogP contribution in [0.25, 0.3) is 0 Å². The highest BCUT2D eigenvalue weighted by molar-refractivity contribution is 6.33. The van der Waals surface area contributed by atoms with Gasteiger partial charge in [-0.25, -0.2) is 4.79 Å². The van der Waals surface area contributed by atoms with Gasteiger partial charge >= 0.3 is 5.97 Å². The van der Waals surface area contributed by atoms with E-state index in [4.69, 9.17) is 10.8 Å². The minimum Gasteiger partial charge on any atom is -0.475 e. The van der Waals surface area contributed by atoms with E-state index in [1.165, 1.54) is 6.42 Å². The van der Waals surface area contributed by atoms with E-state index < -0.39 is 5.97 Å². The van der Waals surface area contributed by atoms with Crippen LogP contribution in [0, 0.1) is 0 Å². The average Bonchev–Trinajstić information content (AvgIpc) is 2.06. The van der Waals surface area contributed by atoms with Gasteiger partial charge in [0, 0.05) is 13.1 Å². The maximum absolute atomic E-state index is 10.3. The molecule has 0 atom stereocenters. The molecule has 0 saturated carbocycles. The molecule has 0 unspecified atom stereocenters. The van der Waals surface area contributed by atoms with Crippen LogP contribution in [-0.4, -0.2) is 35.0 Å². The summed E-state index contributed by atoms with van der Waals surface area (Å²) in [6.07, 6.45) is 3.33.